The van der Waals surface area contributed by atoms with Crippen molar-refractivity contribution in [2.45, 2.75) is 44.8 Å². The summed E-state index contributed by atoms with van der Waals surface area (Å²) in [6.07, 6.45) is 4.16. The molecule has 0 heterocycles. The van der Waals surface area contributed by atoms with E-state index in [2.05, 4.69) is 36.5 Å². The van der Waals surface area contributed by atoms with E-state index in [9.17, 15) is 5.11 Å². The Balaban J connectivity index is 1.75. The van der Waals surface area contributed by atoms with Crippen LogP contribution in [0.2, 0.25) is 0 Å². The second kappa shape index (κ2) is 5.46. The van der Waals surface area contributed by atoms with Gasteiger partial charge in [-0.15, -0.1) is 0 Å². The summed E-state index contributed by atoms with van der Waals surface area (Å²) in [6, 6.07) is 8.95. The third kappa shape index (κ3) is 3.06. The molecule has 1 fully saturated rings. The Morgan fingerprint density at radius 2 is 2.25 bits per heavy atom. The average molecular weight is 219 g/mol. The summed E-state index contributed by atoms with van der Waals surface area (Å²) in [4.78, 5) is 0. The highest BCUT2D eigenvalue weighted by molar-refractivity contribution is 5.22. The molecule has 0 amide bonds. The van der Waals surface area contributed by atoms with E-state index in [-0.39, 0.29) is 6.10 Å². The van der Waals surface area contributed by atoms with Crippen LogP contribution >= 0.6 is 0 Å². The molecule has 2 atom stereocenters. The van der Waals surface area contributed by atoms with Gasteiger partial charge in [-0.05, 0) is 44.7 Å². The molecule has 0 unspecified atom stereocenters. The van der Waals surface area contributed by atoms with Gasteiger partial charge in [-0.3, -0.25) is 0 Å². The van der Waals surface area contributed by atoms with E-state index in [0.717, 1.165) is 32.2 Å². The monoisotopic (exact) mass is 219 g/mol. The van der Waals surface area contributed by atoms with Crippen molar-refractivity contribution in [2.24, 2.45) is 0 Å². The first-order chi connectivity index (χ1) is 7.75. The van der Waals surface area contributed by atoms with Gasteiger partial charge in [0.15, 0.2) is 0 Å². The molecule has 2 rings (SSSR count). The fraction of sp³-hybridized carbons (Fsp3) is 0.571. The molecule has 2 N–H and O–H groups in total. The van der Waals surface area contributed by atoms with E-state index in [1.165, 1.54) is 11.1 Å². The molecule has 16 heavy (non-hydrogen) atoms. The van der Waals surface area contributed by atoms with Crippen LogP contribution < -0.4 is 5.32 Å². The van der Waals surface area contributed by atoms with E-state index in [1.807, 2.05) is 0 Å². The number of rotatable bonds is 4. The highest BCUT2D eigenvalue weighted by atomic mass is 16.3. The van der Waals surface area contributed by atoms with Crippen molar-refractivity contribution >= 4 is 0 Å². The third-order valence-corrected chi connectivity index (χ3v) is 3.38. The van der Waals surface area contributed by atoms with Gasteiger partial charge in [0.05, 0.1) is 6.10 Å². The van der Waals surface area contributed by atoms with Crippen LogP contribution in [0.25, 0.3) is 0 Å². The maximum atomic E-state index is 9.67. The predicted octanol–water partition coefficient (Wildman–Crippen LogP) is 2.04. The smallest absolute Gasteiger partial charge is 0.0693 e. The lowest BCUT2D eigenvalue weighted by atomic mass is 10.1. The van der Waals surface area contributed by atoms with Crippen LogP contribution in [0.15, 0.2) is 24.3 Å². The van der Waals surface area contributed by atoms with Gasteiger partial charge in [-0.1, -0.05) is 29.8 Å². The van der Waals surface area contributed by atoms with Crippen molar-refractivity contribution in [3.63, 3.8) is 0 Å². The summed E-state index contributed by atoms with van der Waals surface area (Å²) in [7, 11) is 0. The number of aliphatic hydroxyl groups is 1. The number of hydrogen-bond donors (Lipinski definition) is 2. The predicted molar refractivity (Wildman–Crippen MR) is 66.5 cm³/mol. The van der Waals surface area contributed by atoms with E-state index in [0.29, 0.717) is 6.04 Å². The van der Waals surface area contributed by atoms with Crippen molar-refractivity contribution in [3.8, 4) is 0 Å². The van der Waals surface area contributed by atoms with Crippen LogP contribution in [0, 0.1) is 6.92 Å². The van der Waals surface area contributed by atoms with E-state index < -0.39 is 0 Å². The minimum absolute atomic E-state index is 0.127. The highest BCUT2D eigenvalue weighted by Crippen LogP contribution is 2.18. The number of benzene rings is 1. The zero-order chi connectivity index (χ0) is 11.4. The first-order valence-electron chi connectivity index (χ1n) is 6.23. The molecule has 2 heteroatoms. The van der Waals surface area contributed by atoms with Crippen molar-refractivity contribution in [1.29, 1.82) is 0 Å². The SMILES string of the molecule is Cc1cccc(CCN[C@@H]2CCC[C@H]2O)c1. The van der Waals surface area contributed by atoms with E-state index >= 15 is 0 Å². The van der Waals surface area contributed by atoms with Crippen LogP contribution in [-0.2, 0) is 6.42 Å². The summed E-state index contributed by atoms with van der Waals surface area (Å²) in [5.74, 6) is 0. The van der Waals surface area contributed by atoms with Crippen LogP contribution in [-0.4, -0.2) is 23.8 Å². The minimum atomic E-state index is -0.127. The normalized spacial score (nSPS) is 24.9. The molecule has 0 saturated heterocycles. The standard InChI is InChI=1S/C14H21NO/c1-11-4-2-5-12(10-11)8-9-15-13-6-3-7-14(13)16/h2,4-5,10,13-16H,3,6-9H2,1H3/t13-,14-/m1/s1. The molecule has 88 valence electrons. The lowest BCUT2D eigenvalue weighted by Gasteiger charge is -2.16. The first kappa shape index (κ1) is 11.6. The lowest BCUT2D eigenvalue weighted by Crippen LogP contribution is -2.36. The van der Waals surface area contributed by atoms with Gasteiger partial charge in [0.2, 0.25) is 0 Å². The number of hydrogen-bond acceptors (Lipinski definition) is 2. The average Bonchev–Trinajstić information content (AvgIpc) is 2.65. The molecule has 1 aliphatic rings. The molecule has 1 saturated carbocycles. The zero-order valence-corrected chi connectivity index (χ0v) is 9.95. The van der Waals surface area contributed by atoms with Gasteiger partial charge < -0.3 is 10.4 Å². The summed E-state index contributed by atoms with van der Waals surface area (Å²) in [5.41, 5.74) is 2.69. The molecule has 0 radical (unpaired) electrons. The molecule has 1 aromatic rings. The quantitative estimate of drug-likeness (QED) is 0.812. The van der Waals surface area contributed by atoms with Gasteiger partial charge in [-0.25, -0.2) is 0 Å². The largest absolute Gasteiger partial charge is 0.392 e. The van der Waals surface area contributed by atoms with Crippen molar-refractivity contribution in [2.75, 3.05) is 6.54 Å². The Bertz CT molecular complexity index is 337. The van der Waals surface area contributed by atoms with Crippen molar-refractivity contribution < 1.29 is 5.11 Å². The molecule has 0 spiro atoms. The number of aliphatic hydroxyl groups excluding tert-OH is 1. The van der Waals surface area contributed by atoms with Crippen LogP contribution in [0.3, 0.4) is 0 Å². The Hall–Kier alpha value is -0.860. The minimum Gasteiger partial charge on any atom is -0.392 e. The topological polar surface area (TPSA) is 32.3 Å². The first-order valence-corrected chi connectivity index (χ1v) is 6.23. The molecule has 0 aromatic heterocycles. The van der Waals surface area contributed by atoms with E-state index in [4.69, 9.17) is 0 Å². The number of nitrogens with one attached hydrogen (secondary N) is 1. The number of aryl methyl sites for hydroxylation is 1. The van der Waals surface area contributed by atoms with Crippen LogP contribution in [0.5, 0.6) is 0 Å². The fourth-order valence-electron chi connectivity index (χ4n) is 2.45. The van der Waals surface area contributed by atoms with Crippen molar-refractivity contribution in [3.05, 3.63) is 35.4 Å². The zero-order valence-electron chi connectivity index (χ0n) is 9.95. The Morgan fingerprint density at radius 1 is 1.38 bits per heavy atom. The molecule has 1 aromatic carbocycles. The van der Waals surface area contributed by atoms with Crippen molar-refractivity contribution in [1.82, 2.24) is 5.32 Å². The Morgan fingerprint density at radius 3 is 2.94 bits per heavy atom. The lowest BCUT2D eigenvalue weighted by molar-refractivity contribution is 0.149. The Kier molecular flexibility index (Phi) is 3.97. The molecular formula is C14H21NO. The maximum Gasteiger partial charge on any atom is 0.0693 e. The third-order valence-electron chi connectivity index (χ3n) is 3.38. The summed E-state index contributed by atoms with van der Waals surface area (Å²) >= 11 is 0. The second-order valence-electron chi connectivity index (χ2n) is 4.80. The fourth-order valence-corrected chi connectivity index (χ4v) is 2.45. The summed E-state index contributed by atoms with van der Waals surface area (Å²) in [6.45, 7) is 3.09. The molecule has 2 nitrogen and oxygen atoms in total. The van der Waals surface area contributed by atoms with Gasteiger partial charge in [-0.2, -0.15) is 0 Å². The van der Waals surface area contributed by atoms with Gasteiger partial charge in [0.25, 0.3) is 0 Å². The summed E-state index contributed by atoms with van der Waals surface area (Å²) in [5, 5.41) is 13.1. The van der Waals surface area contributed by atoms with Crippen LogP contribution in [0.4, 0.5) is 0 Å². The van der Waals surface area contributed by atoms with Gasteiger partial charge >= 0.3 is 0 Å². The van der Waals surface area contributed by atoms with Gasteiger partial charge in [0, 0.05) is 6.04 Å². The molecule has 1 aliphatic carbocycles. The molecule has 0 bridgehead atoms. The Labute approximate surface area is 97.7 Å². The van der Waals surface area contributed by atoms with Gasteiger partial charge in [0.1, 0.15) is 0 Å². The molecule has 0 aliphatic heterocycles. The maximum absolute atomic E-state index is 9.67. The molecular weight excluding hydrogens is 198 g/mol. The van der Waals surface area contributed by atoms with Crippen LogP contribution in [0.1, 0.15) is 30.4 Å². The summed E-state index contributed by atoms with van der Waals surface area (Å²) < 4.78 is 0. The van der Waals surface area contributed by atoms with E-state index in [1.54, 1.807) is 0 Å². The highest BCUT2D eigenvalue weighted by Gasteiger charge is 2.23. The second-order valence-corrected chi connectivity index (χ2v) is 4.80.